The molecule has 7 nitrogen and oxygen atoms in total. The average Bonchev–Trinajstić information content (AvgIpc) is 2.97. The van der Waals surface area contributed by atoms with E-state index in [9.17, 15) is 18.6 Å². The lowest BCUT2D eigenvalue weighted by Crippen LogP contribution is -2.42. The second-order valence-electron chi connectivity index (χ2n) is 11.6. The molecule has 7 atom stereocenters. The number of aryl methyl sites for hydroxylation is 1. The minimum atomic E-state index is -3.97. The summed E-state index contributed by atoms with van der Waals surface area (Å²) in [6.07, 6.45) is 5.14. The Hall–Kier alpha value is -0.850. The maximum atomic E-state index is 12.6. The molecule has 0 saturated carbocycles. The Balaban J connectivity index is 1.96. The van der Waals surface area contributed by atoms with Crippen LogP contribution in [0.1, 0.15) is 58.4 Å². The van der Waals surface area contributed by atoms with Crippen LogP contribution in [0.3, 0.4) is 0 Å². The van der Waals surface area contributed by atoms with Gasteiger partial charge in [0.2, 0.25) is 0 Å². The fourth-order valence-corrected chi connectivity index (χ4v) is 9.38. The normalized spacial score (nSPS) is 20.3. The number of ether oxygens (including phenoxy) is 2. The van der Waals surface area contributed by atoms with Gasteiger partial charge in [-0.2, -0.15) is 8.42 Å². The Morgan fingerprint density at radius 1 is 1.07 bits per heavy atom. The fraction of sp³-hybridized carbons (Fsp3) is 0.688. The van der Waals surface area contributed by atoms with Gasteiger partial charge >= 0.3 is 0 Å². The van der Waals surface area contributed by atoms with Crippen LogP contribution in [-0.2, 0) is 23.8 Å². The number of aliphatic hydroxyl groups is 2. The lowest BCUT2D eigenvalue weighted by atomic mass is 9.88. The van der Waals surface area contributed by atoms with Gasteiger partial charge in [-0.3, -0.25) is 4.18 Å². The first-order chi connectivity index (χ1) is 19.9. The summed E-state index contributed by atoms with van der Waals surface area (Å²) in [7, 11) is -0.682. The van der Waals surface area contributed by atoms with Crippen molar-refractivity contribution in [1.29, 1.82) is 0 Å². The highest BCUT2D eigenvalue weighted by Gasteiger charge is 2.33. The fourth-order valence-electron chi connectivity index (χ4n) is 5.35. The second kappa shape index (κ2) is 18.8. The van der Waals surface area contributed by atoms with Gasteiger partial charge in [-0.05, 0) is 81.4 Å². The summed E-state index contributed by atoms with van der Waals surface area (Å²) >= 11 is 4.01. The third-order valence-electron chi connectivity index (χ3n) is 7.73. The summed E-state index contributed by atoms with van der Waals surface area (Å²) in [5.41, 5.74) is 2.00. The van der Waals surface area contributed by atoms with E-state index in [1.165, 1.54) is 30.1 Å². The summed E-state index contributed by atoms with van der Waals surface area (Å²) in [5, 5.41) is 22.1. The molecule has 1 aliphatic rings. The highest BCUT2D eigenvalue weighted by Crippen LogP contribution is 2.38. The summed E-state index contributed by atoms with van der Waals surface area (Å²) in [6, 6.07) is 6.41. The van der Waals surface area contributed by atoms with Gasteiger partial charge < -0.3 is 19.7 Å². The largest absolute Gasteiger partial charge is 0.390 e. The van der Waals surface area contributed by atoms with E-state index in [0.29, 0.717) is 23.3 Å². The smallest absolute Gasteiger partial charge is 0.297 e. The second-order valence-corrected chi connectivity index (χ2v) is 16.0. The van der Waals surface area contributed by atoms with Crippen molar-refractivity contribution >= 4 is 33.6 Å². The van der Waals surface area contributed by atoms with Crippen LogP contribution in [0.15, 0.2) is 53.5 Å². The minimum Gasteiger partial charge on any atom is -0.390 e. The number of allylic oxidation sites excluding steroid dienone is 2. The van der Waals surface area contributed by atoms with Crippen LogP contribution in [-0.4, -0.2) is 80.0 Å². The number of rotatable bonds is 19. The van der Waals surface area contributed by atoms with E-state index in [2.05, 4.69) is 20.4 Å². The molecule has 1 heterocycles. The van der Waals surface area contributed by atoms with Crippen LogP contribution < -0.4 is 0 Å². The average molecular weight is 645 g/mol. The van der Waals surface area contributed by atoms with Crippen LogP contribution in [0.2, 0.25) is 0 Å². The van der Waals surface area contributed by atoms with Gasteiger partial charge in [0.15, 0.2) is 0 Å². The molecule has 1 saturated heterocycles. The highest BCUT2D eigenvalue weighted by molar-refractivity contribution is 8.17. The molecule has 1 aliphatic heterocycles. The van der Waals surface area contributed by atoms with Crippen LogP contribution in [0.4, 0.5) is 0 Å². The Morgan fingerprint density at radius 2 is 1.67 bits per heavy atom. The molecule has 2 N–H and O–H groups in total. The van der Waals surface area contributed by atoms with Crippen LogP contribution in [0.5, 0.6) is 0 Å². The maximum absolute atomic E-state index is 12.6. The molecule has 0 aromatic heterocycles. The predicted molar refractivity (Wildman–Crippen MR) is 175 cm³/mol. The molecule has 1 aromatic rings. The number of aliphatic hydroxyl groups excluding tert-OH is 2. The lowest BCUT2D eigenvalue weighted by Gasteiger charge is -2.34. The molecule has 0 aliphatic carbocycles. The SMILES string of the molecule is C=CC[C@H](/C=C(\C)C[C@H](C)C[C@H](OC)[C@@H](O)[C@H](C[C@@H](C)C1SCCCS1)OC)[C@H](O)COS(=O)(=O)c1ccc(C)cc1. The molecule has 1 fully saturated rings. The monoisotopic (exact) mass is 644 g/mol. The van der Waals surface area contributed by atoms with Gasteiger partial charge in [-0.15, -0.1) is 30.1 Å². The first-order valence-corrected chi connectivity index (χ1v) is 18.3. The summed E-state index contributed by atoms with van der Waals surface area (Å²) in [6.45, 7) is 11.7. The third kappa shape index (κ3) is 12.3. The van der Waals surface area contributed by atoms with Gasteiger partial charge in [0, 0.05) is 20.1 Å². The van der Waals surface area contributed by atoms with E-state index in [1.54, 1.807) is 32.4 Å². The lowest BCUT2D eigenvalue weighted by molar-refractivity contribution is -0.100. The first kappa shape index (κ1) is 37.3. The molecule has 0 bridgehead atoms. The molecule has 2 rings (SSSR count). The first-order valence-electron chi connectivity index (χ1n) is 14.8. The van der Waals surface area contributed by atoms with E-state index in [0.717, 1.165) is 24.0 Å². The van der Waals surface area contributed by atoms with Gasteiger partial charge in [0.25, 0.3) is 10.1 Å². The van der Waals surface area contributed by atoms with Crippen LogP contribution in [0, 0.1) is 24.7 Å². The van der Waals surface area contributed by atoms with Crippen molar-refractivity contribution < 1.29 is 32.3 Å². The third-order valence-corrected chi connectivity index (χ3v) is 12.5. The van der Waals surface area contributed by atoms with Gasteiger partial charge in [0.1, 0.15) is 6.10 Å². The molecule has 0 amide bonds. The summed E-state index contributed by atoms with van der Waals surface area (Å²) in [5.74, 6) is 2.65. The van der Waals surface area contributed by atoms with Crippen molar-refractivity contribution in [3.05, 3.63) is 54.1 Å². The van der Waals surface area contributed by atoms with Gasteiger partial charge in [-0.1, -0.05) is 49.3 Å². The standard InChI is InChI=1S/C32H52O7S3/c1-8-10-26(28(33)21-39-42(35,36)27-13-11-22(2)12-14-27)18-23(3)17-24(4)19-29(37-6)31(34)30(38-7)20-25(5)32-40-15-9-16-41-32/h8,11-14,18,24-26,28-34H,1,9-10,15-17,19-21H2,2-7H3/b23-18+/t24-,25+,26+,28+,29-,30-,31+/m0/s1. The van der Waals surface area contributed by atoms with Crippen molar-refractivity contribution in [1.82, 2.24) is 0 Å². The Bertz CT molecular complexity index is 1050. The predicted octanol–water partition coefficient (Wildman–Crippen LogP) is 6.23. The molecule has 0 spiro atoms. The van der Waals surface area contributed by atoms with Crippen LogP contribution >= 0.6 is 23.5 Å². The highest BCUT2D eigenvalue weighted by atomic mass is 32.2. The Labute approximate surface area is 263 Å². The number of hydrogen-bond acceptors (Lipinski definition) is 9. The molecule has 0 unspecified atom stereocenters. The van der Waals surface area contributed by atoms with E-state index in [4.69, 9.17) is 13.7 Å². The van der Waals surface area contributed by atoms with E-state index < -0.39 is 22.3 Å². The Morgan fingerprint density at radius 3 is 2.24 bits per heavy atom. The number of benzene rings is 1. The van der Waals surface area contributed by atoms with E-state index >= 15 is 0 Å². The van der Waals surface area contributed by atoms with Crippen molar-refractivity contribution in [3.8, 4) is 0 Å². The van der Waals surface area contributed by atoms with Gasteiger partial charge in [0.05, 0.1) is 34.4 Å². The number of methoxy groups -OCH3 is 2. The Kier molecular flexibility index (Phi) is 16.7. The van der Waals surface area contributed by atoms with Gasteiger partial charge in [-0.25, -0.2) is 0 Å². The zero-order chi connectivity index (χ0) is 31.3. The topological polar surface area (TPSA) is 102 Å². The van der Waals surface area contributed by atoms with E-state index in [1.807, 2.05) is 43.4 Å². The molecule has 42 heavy (non-hydrogen) atoms. The van der Waals surface area contributed by atoms with E-state index in [-0.39, 0.29) is 35.5 Å². The van der Waals surface area contributed by atoms with Crippen molar-refractivity contribution in [2.24, 2.45) is 17.8 Å². The van der Waals surface area contributed by atoms with Crippen LogP contribution in [0.25, 0.3) is 0 Å². The maximum Gasteiger partial charge on any atom is 0.297 e. The minimum absolute atomic E-state index is 0.0629. The molecular formula is C32H52O7S3. The zero-order valence-electron chi connectivity index (χ0n) is 26.1. The molecule has 1 aromatic carbocycles. The molecule has 240 valence electrons. The number of hydrogen-bond donors (Lipinski definition) is 2. The molecule has 0 radical (unpaired) electrons. The van der Waals surface area contributed by atoms with Crippen molar-refractivity contribution in [2.75, 3.05) is 32.3 Å². The van der Waals surface area contributed by atoms with Crippen molar-refractivity contribution in [3.63, 3.8) is 0 Å². The summed E-state index contributed by atoms with van der Waals surface area (Å²) in [4.78, 5) is 0.0629. The zero-order valence-corrected chi connectivity index (χ0v) is 28.6. The molecular weight excluding hydrogens is 593 g/mol. The van der Waals surface area contributed by atoms with Crippen molar-refractivity contribution in [2.45, 2.75) is 93.7 Å². The summed E-state index contributed by atoms with van der Waals surface area (Å²) < 4.78 is 42.4. The number of thioether (sulfide) groups is 2. The quantitative estimate of drug-likeness (QED) is 0.134. The molecule has 10 heteroatoms.